The Morgan fingerprint density at radius 2 is 1.52 bits per heavy atom. The number of nitrogens with zero attached hydrogens (tertiary/aromatic N) is 1. The molecule has 13 heteroatoms. The number of carboxylic acid groups (broad SMARTS) is 2. The number of quaternary nitrogens is 1. The van der Waals surface area contributed by atoms with Gasteiger partial charge in [-0.3, -0.25) is 18.4 Å². The Morgan fingerprint density at radius 1 is 1.07 bits per heavy atom. The summed E-state index contributed by atoms with van der Waals surface area (Å²) in [7, 11) is 0.488. The number of likely N-dealkylation sites (N-methyl/N-ethyl adjacent to an activating group) is 1. The molecule has 0 bridgehead atoms. The number of rotatable bonds is 12. The minimum atomic E-state index is -5.19. The van der Waals surface area contributed by atoms with Crippen molar-refractivity contribution in [3.05, 3.63) is 0 Å². The predicted octanol–water partition coefficient (Wildman–Crippen LogP) is 1.42. The van der Waals surface area contributed by atoms with Crippen molar-refractivity contribution in [2.45, 2.75) is 32.9 Å². The largest absolute Gasteiger partial charge is 0.542 e. The second-order valence-electron chi connectivity index (χ2n) is 5.78. The van der Waals surface area contributed by atoms with Crippen molar-refractivity contribution in [1.29, 1.82) is 0 Å². The fraction of sp³-hybridized carbons (Fsp3) is 0.857. The molecule has 0 aromatic heterocycles. The fourth-order valence-electron chi connectivity index (χ4n) is 1.60. The van der Waals surface area contributed by atoms with Gasteiger partial charge >= 0.3 is 20.0 Å². The Morgan fingerprint density at radius 3 is 1.85 bits per heavy atom. The summed E-state index contributed by atoms with van der Waals surface area (Å²) < 4.78 is 59.5. The van der Waals surface area contributed by atoms with Crippen LogP contribution in [0.15, 0.2) is 0 Å². The van der Waals surface area contributed by atoms with Gasteiger partial charge < -0.3 is 19.5 Å². The van der Waals surface area contributed by atoms with E-state index in [1.165, 1.54) is 0 Å². The van der Waals surface area contributed by atoms with Crippen molar-refractivity contribution in [3.8, 4) is 0 Å². The Hall–Kier alpha value is -1.20. The molecule has 0 aromatic carbocycles. The highest BCUT2D eigenvalue weighted by atomic mass is 31.2. The molecule has 0 radical (unpaired) electrons. The van der Waals surface area contributed by atoms with Crippen LogP contribution in [-0.2, 0) is 27.7 Å². The first-order valence-corrected chi connectivity index (χ1v) is 9.50. The molecular formula is C14H27F3NO8P. The average Bonchev–Trinajstić information content (AvgIpc) is 2.46. The van der Waals surface area contributed by atoms with Crippen molar-refractivity contribution in [1.82, 2.24) is 0 Å². The Bertz CT molecular complexity index is 489. The van der Waals surface area contributed by atoms with Crippen molar-refractivity contribution in [3.63, 3.8) is 0 Å². The minimum absolute atomic E-state index is 0.152. The van der Waals surface area contributed by atoms with Crippen LogP contribution in [0, 0.1) is 0 Å². The second-order valence-corrected chi connectivity index (χ2v) is 7.45. The van der Waals surface area contributed by atoms with E-state index in [1.54, 1.807) is 13.8 Å². The van der Waals surface area contributed by atoms with E-state index in [0.717, 1.165) is 0 Å². The van der Waals surface area contributed by atoms with Crippen molar-refractivity contribution < 1.29 is 55.6 Å². The topological polar surface area (TPSA) is 122 Å². The number of phosphoric ester groups is 1. The number of carbonyl (C=O) groups is 2. The first-order valence-electron chi connectivity index (χ1n) is 8.04. The molecule has 27 heavy (non-hydrogen) atoms. The molecule has 0 atom stereocenters. The molecule has 0 unspecified atom stereocenters. The van der Waals surface area contributed by atoms with E-state index >= 15 is 0 Å². The molecule has 0 saturated heterocycles. The van der Waals surface area contributed by atoms with Gasteiger partial charge in [-0.2, -0.15) is 13.2 Å². The zero-order chi connectivity index (χ0) is 21.7. The molecule has 0 aliphatic heterocycles. The van der Waals surface area contributed by atoms with Crippen molar-refractivity contribution >= 4 is 19.8 Å². The third-order valence-corrected chi connectivity index (χ3v) is 4.55. The summed E-state index contributed by atoms with van der Waals surface area (Å²) in [6.07, 6.45) is -4.45. The number of halogens is 3. The summed E-state index contributed by atoms with van der Waals surface area (Å²) >= 11 is 0. The average molecular weight is 425 g/mol. The van der Waals surface area contributed by atoms with Crippen LogP contribution in [0.5, 0.6) is 0 Å². The number of phosphoric acid groups is 1. The summed E-state index contributed by atoms with van der Waals surface area (Å²) in [5.41, 5.74) is 0. The number of hydrogen-bond donors (Lipinski definition) is 1. The molecule has 0 aliphatic carbocycles. The molecule has 0 heterocycles. The number of alkyl halides is 3. The standard InChI is InChI=1S/C12H26NO6P.C2HF3O2/c1-5-17-20(16,18-6-2)19-11-10-13(3,4)9-7-8-12(14)15;3-2(4,5)1(6)7/h5-11H2,1-4H3;(H,6,7). The quantitative estimate of drug-likeness (QED) is 0.368. The van der Waals surface area contributed by atoms with Gasteiger partial charge in [-0.05, 0) is 13.8 Å². The Balaban J connectivity index is 0. The van der Waals surface area contributed by atoms with Crippen LogP contribution in [0.4, 0.5) is 13.2 Å². The fourth-order valence-corrected chi connectivity index (χ4v) is 2.76. The van der Waals surface area contributed by atoms with E-state index < -0.39 is 25.9 Å². The lowest BCUT2D eigenvalue weighted by Gasteiger charge is -2.30. The molecule has 0 aromatic rings. The number of carbonyl (C=O) groups excluding carboxylic acids is 1. The zero-order valence-electron chi connectivity index (χ0n) is 15.8. The van der Waals surface area contributed by atoms with Gasteiger partial charge in [0.05, 0.1) is 40.3 Å². The number of carboxylic acids is 2. The van der Waals surface area contributed by atoms with E-state index in [9.17, 15) is 22.5 Å². The highest BCUT2D eigenvalue weighted by Gasteiger charge is 2.29. The third-order valence-electron chi connectivity index (χ3n) is 2.91. The predicted molar refractivity (Wildman–Crippen MR) is 86.6 cm³/mol. The normalized spacial score (nSPS) is 12.3. The lowest BCUT2D eigenvalue weighted by Crippen LogP contribution is -2.43. The highest BCUT2D eigenvalue weighted by molar-refractivity contribution is 7.48. The zero-order valence-corrected chi connectivity index (χ0v) is 16.7. The lowest BCUT2D eigenvalue weighted by molar-refractivity contribution is -0.890. The van der Waals surface area contributed by atoms with Crippen molar-refractivity contribution in [2.75, 3.05) is 47.0 Å². The molecule has 1 N–H and O–H groups in total. The van der Waals surface area contributed by atoms with Crippen LogP contribution in [0.3, 0.4) is 0 Å². The molecule has 0 aliphatic rings. The van der Waals surface area contributed by atoms with Crippen molar-refractivity contribution in [2.24, 2.45) is 0 Å². The molecule has 162 valence electrons. The van der Waals surface area contributed by atoms with Gasteiger partial charge in [-0.15, -0.1) is 0 Å². The van der Waals surface area contributed by atoms with Crippen LogP contribution >= 0.6 is 7.82 Å². The summed E-state index contributed by atoms with van der Waals surface area (Å²) in [4.78, 5) is 19.3. The molecule has 0 fully saturated rings. The van der Waals surface area contributed by atoms with Crippen LogP contribution in [0.2, 0.25) is 0 Å². The first-order chi connectivity index (χ1) is 12.2. The highest BCUT2D eigenvalue weighted by Crippen LogP contribution is 2.49. The molecule has 0 saturated carbocycles. The van der Waals surface area contributed by atoms with Gasteiger partial charge in [0.2, 0.25) is 0 Å². The number of aliphatic carboxylic acids is 2. The van der Waals surface area contributed by atoms with Gasteiger partial charge in [0.15, 0.2) is 0 Å². The van der Waals surface area contributed by atoms with Gasteiger partial charge in [-0.1, -0.05) is 0 Å². The van der Waals surface area contributed by atoms with E-state index in [2.05, 4.69) is 0 Å². The maximum atomic E-state index is 12.1. The van der Waals surface area contributed by atoms with Crippen LogP contribution in [-0.4, -0.2) is 74.7 Å². The molecule has 0 spiro atoms. The summed E-state index contributed by atoms with van der Waals surface area (Å²) in [5, 5.41) is 17.4. The first kappa shape index (κ1) is 28.0. The van der Waals surface area contributed by atoms with Gasteiger partial charge in [-0.25, -0.2) is 4.57 Å². The summed E-state index contributed by atoms with van der Waals surface area (Å²) in [5.74, 6) is -3.80. The lowest BCUT2D eigenvalue weighted by atomic mass is 10.3. The molecule has 9 nitrogen and oxygen atoms in total. The van der Waals surface area contributed by atoms with Gasteiger partial charge in [0.25, 0.3) is 0 Å². The maximum absolute atomic E-state index is 12.1. The monoisotopic (exact) mass is 425 g/mol. The smallest absolute Gasteiger partial charge is 0.474 e. The summed E-state index contributed by atoms with van der Waals surface area (Å²) in [6.45, 7) is 5.51. The second kappa shape index (κ2) is 13.1. The molecule has 0 rings (SSSR count). The third kappa shape index (κ3) is 16.7. The molecule has 0 amide bonds. The summed E-state index contributed by atoms with van der Waals surface area (Å²) in [6, 6.07) is 0. The Kier molecular flexibility index (Phi) is 13.5. The molecular weight excluding hydrogens is 398 g/mol. The minimum Gasteiger partial charge on any atom is -0.542 e. The number of hydrogen-bond acceptors (Lipinski definition) is 7. The van der Waals surface area contributed by atoms with E-state index in [4.69, 9.17) is 28.6 Å². The van der Waals surface area contributed by atoms with Crippen LogP contribution in [0.25, 0.3) is 0 Å². The van der Waals surface area contributed by atoms with Crippen LogP contribution in [0.1, 0.15) is 26.7 Å². The van der Waals surface area contributed by atoms with Crippen LogP contribution < -0.4 is 5.11 Å². The van der Waals surface area contributed by atoms with Gasteiger partial charge in [0, 0.05) is 6.42 Å². The maximum Gasteiger partial charge on any atom is 0.474 e. The van der Waals surface area contributed by atoms with E-state index in [-0.39, 0.29) is 26.2 Å². The van der Waals surface area contributed by atoms with E-state index in [0.29, 0.717) is 24.0 Å². The van der Waals surface area contributed by atoms with E-state index in [1.807, 2.05) is 14.1 Å². The van der Waals surface area contributed by atoms with Gasteiger partial charge in [0.1, 0.15) is 19.1 Å². The SMILES string of the molecule is CCOP(=O)(OCC)OCC[N+](C)(C)CCCC(=O)O.O=C([O-])C(F)(F)F. The Labute approximate surface area is 156 Å².